The number of piperidine rings is 1. The Kier molecular flexibility index (Phi) is 7.72. The second-order valence-corrected chi connectivity index (χ2v) is 5.74. The van der Waals surface area contributed by atoms with Gasteiger partial charge in [-0.1, -0.05) is 26.2 Å². The Balaban J connectivity index is 2.20. The van der Waals surface area contributed by atoms with Crippen molar-refractivity contribution in [2.75, 3.05) is 19.6 Å². The molecule has 2 atom stereocenters. The molecule has 0 radical (unpaired) electrons. The van der Waals surface area contributed by atoms with Gasteiger partial charge in [-0.2, -0.15) is 0 Å². The van der Waals surface area contributed by atoms with Crippen molar-refractivity contribution in [3.63, 3.8) is 0 Å². The van der Waals surface area contributed by atoms with Gasteiger partial charge in [0.25, 0.3) is 0 Å². The minimum absolute atomic E-state index is 0.0931. The van der Waals surface area contributed by atoms with Crippen LogP contribution in [-0.2, 0) is 9.59 Å². The molecule has 1 N–H and O–H groups in total. The van der Waals surface area contributed by atoms with Gasteiger partial charge in [0, 0.05) is 18.5 Å². The standard InChI is InChI=1S/C15H28N2O2/c1-3-4-5-7-13(2)16-15(19)11-17-9-6-8-14(10-17)12-18/h12-14H,3-11H2,1-2H3,(H,16,19). The van der Waals surface area contributed by atoms with Crippen LogP contribution < -0.4 is 5.32 Å². The third-order valence-corrected chi connectivity index (χ3v) is 3.75. The van der Waals surface area contributed by atoms with E-state index in [9.17, 15) is 9.59 Å². The van der Waals surface area contributed by atoms with E-state index >= 15 is 0 Å². The fourth-order valence-electron chi connectivity index (χ4n) is 2.64. The first-order valence-electron chi connectivity index (χ1n) is 7.62. The number of aldehydes is 1. The van der Waals surface area contributed by atoms with Crippen LogP contribution in [0.4, 0.5) is 0 Å². The Morgan fingerprint density at radius 1 is 1.47 bits per heavy atom. The van der Waals surface area contributed by atoms with E-state index in [2.05, 4.69) is 24.1 Å². The molecule has 0 aromatic heterocycles. The molecule has 1 heterocycles. The molecule has 2 unspecified atom stereocenters. The fourth-order valence-corrected chi connectivity index (χ4v) is 2.64. The van der Waals surface area contributed by atoms with Crippen LogP contribution in [0.25, 0.3) is 0 Å². The van der Waals surface area contributed by atoms with E-state index in [0.717, 1.165) is 38.6 Å². The SMILES string of the molecule is CCCCCC(C)NC(=O)CN1CCCC(C=O)C1. The van der Waals surface area contributed by atoms with Crippen molar-refractivity contribution in [1.29, 1.82) is 0 Å². The number of carbonyl (C=O) groups excluding carboxylic acids is 2. The molecule has 4 nitrogen and oxygen atoms in total. The number of nitrogens with zero attached hydrogens (tertiary/aromatic N) is 1. The summed E-state index contributed by atoms with van der Waals surface area (Å²) in [6.45, 7) is 6.35. The molecule has 1 aliphatic heterocycles. The van der Waals surface area contributed by atoms with Crippen molar-refractivity contribution in [1.82, 2.24) is 10.2 Å². The van der Waals surface area contributed by atoms with Crippen LogP contribution in [0.1, 0.15) is 52.4 Å². The molecule has 1 rings (SSSR count). The van der Waals surface area contributed by atoms with Crippen LogP contribution in [0.2, 0.25) is 0 Å². The number of carbonyl (C=O) groups is 2. The molecule has 0 spiro atoms. The van der Waals surface area contributed by atoms with Crippen molar-refractivity contribution in [3.05, 3.63) is 0 Å². The van der Waals surface area contributed by atoms with Gasteiger partial charge in [0.2, 0.25) is 5.91 Å². The summed E-state index contributed by atoms with van der Waals surface area (Å²) in [4.78, 5) is 24.8. The summed E-state index contributed by atoms with van der Waals surface area (Å²) in [5.41, 5.74) is 0. The van der Waals surface area contributed by atoms with Gasteiger partial charge in [0.05, 0.1) is 6.54 Å². The van der Waals surface area contributed by atoms with Gasteiger partial charge in [-0.15, -0.1) is 0 Å². The average molecular weight is 268 g/mol. The van der Waals surface area contributed by atoms with E-state index in [-0.39, 0.29) is 17.9 Å². The lowest BCUT2D eigenvalue weighted by molar-refractivity contribution is -0.124. The zero-order valence-electron chi connectivity index (χ0n) is 12.4. The molecule has 0 aromatic rings. The summed E-state index contributed by atoms with van der Waals surface area (Å²) in [7, 11) is 0. The van der Waals surface area contributed by atoms with E-state index in [1.165, 1.54) is 19.3 Å². The molecule has 1 saturated heterocycles. The summed E-state index contributed by atoms with van der Waals surface area (Å²) in [6, 6.07) is 0.255. The minimum Gasteiger partial charge on any atom is -0.353 e. The molecular weight excluding hydrogens is 240 g/mol. The van der Waals surface area contributed by atoms with E-state index in [4.69, 9.17) is 0 Å². The molecule has 0 aromatic carbocycles. The summed E-state index contributed by atoms with van der Waals surface area (Å²) in [6.07, 6.45) is 7.68. The third-order valence-electron chi connectivity index (χ3n) is 3.75. The topological polar surface area (TPSA) is 49.4 Å². The van der Waals surface area contributed by atoms with Gasteiger partial charge in [-0.25, -0.2) is 0 Å². The summed E-state index contributed by atoms with van der Waals surface area (Å²) < 4.78 is 0. The van der Waals surface area contributed by atoms with Gasteiger partial charge in [-0.05, 0) is 32.7 Å². The Labute approximate surface area is 116 Å². The number of likely N-dealkylation sites (tertiary alicyclic amines) is 1. The molecule has 4 heteroatoms. The summed E-state index contributed by atoms with van der Waals surface area (Å²) >= 11 is 0. The van der Waals surface area contributed by atoms with Gasteiger partial charge in [-0.3, -0.25) is 9.69 Å². The smallest absolute Gasteiger partial charge is 0.234 e. The average Bonchev–Trinajstić information content (AvgIpc) is 2.39. The van der Waals surface area contributed by atoms with Crippen molar-refractivity contribution < 1.29 is 9.59 Å². The number of unbranched alkanes of at least 4 members (excludes halogenated alkanes) is 2. The first kappa shape index (κ1) is 16.2. The molecule has 0 bridgehead atoms. The Bertz CT molecular complexity index is 281. The van der Waals surface area contributed by atoms with E-state index in [0.29, 0.717) is 6.54 Å². The maximum Gasteiger partial charge on any atom is 0.234 e. The van der Waals surface area contributed by atoms with Gasteiger partial charge < -0.3 is 10.1 Å². The zero-order valence-corrected chi connectivity index (χ0v) is 12.4. The predicted octanol–water partition coefficient (Wildman–Crippen LogP) is 1.98. The van der Waals surface area contributed by atoms with Crippen LogP contribution in [0, 0.1) is 5.92 Å². The van der Waals surface area contributed by atoms with Crippen molar-refractivity contribution in [2.45, 2.75) is 58.4 Å². The van der Waals surface area contributed by atoms with E-state index in [1.807, 2.05) is 0 Å². The quantitative estimate of drug-likeness (QED) is 0.541. The van der Waals surface area contributed by atoms with Crippen LogP contribution >= 0.6 is 0 Å². The van der Waals surface area contributed by atoms with Crippen molar-refractivity contribution >= 4 is 12.2 Å². The van der Waals surface area contributed by atoms with Gasteiger partial charge >= 0.3 is 0 Å². The third kappa shape index (κ3) is 6.71. The summed E-state index contributed by atoms with van der Waals surface area (Å²) in [5, 5.41) is 3.05. The highest BCUT2D eigenvalue weighted by molar-refractivity contribution is 5.78. The van der Waals surface area contributed by atoms with Crippen LogP contribution in [0.15, 0.2) is 0 Å². The summed E-state index contributed by atoms with van der Waals surface area (Å²) in [5.74, 6) is 0.207. The monoisotopic (exact) mass is 268 g/mol. The van der Waals surface area contributed by atoms with Gasteiger partial charge in [0.1, 0.15) is 6.29 Å². The molecular formula is C15H28N2O2. The highest BCUT2D eigenvalue weighted by Crippen LogP contribution is 2.13. The van der Waals surface area contributed by atoms with Crippen LogP contribution in [0.3, 0.4) is 0 Å². The number of hydrogen-bond donors (Lipinski definition) is 1. The Morgan fingerprint density at radius 2 is 2.26 bits per heavy atom. The van der Waals surface area contributed by atoms with Crippen molar-refractivity contribution in [3.8, 4) is 0 Å². The van der Waals surface area contributed by atoms with E-state index in [1.54, 1.807) is 0 Å². The van der Waals surface area contributed by atoms with Crippen LogP contribution in [0.5, 0.6) is 0 Å². The molecule has 0 saturated carbocycles. The van der Waals surface area contributed by atoms with Gasteiger partial charge in [0.15, 0.2) is 0 Å². The lowest BCUT2D eigenvalue weighted by Crippen LogP contribution is -2.44. The predicted molar refractivity (Wildman–Crippen MR) is 77.0 cm³/mol. The zero-order chi connectivity index (χ0) is 14.1. The first-order chi connectivity index (χ1) is 9.15. The van der Waals surface area contributed by atoms with Crippen molar-refractivity contribution in [2.24, 2.45) is 5.92 Å². The van der Waals surface area contributed by atoms with E-state index < -0.39 is 0 Å². The number of rotatable bonds is 8. The number of hydrogen-bond acceptors (Lipinski definition) is 3. The molecule has 19 heavy (non-hydrogen) atoms. The van der Waals surface area contributed by atoms with Crippen LogP contribution in [-0.4, -0.2) is 42.8 Å². The number of nitrogens with one attached hydrogen (secondary N) is 1. The Morgan fingerprint density at radius 3 is 2.95 bits per heavy atom. The lowest BCUT2D eigenvalue weighted by Gasteiger charge is -2.29. The normalized spacial score (nSPS) is 21.9. The minimum atomic E-state index is 0.0931. The molecule has 1 aliphatic rings. The molecule has 1 fully saturated rings. The molecule has 1 amide bonds. The Hall–Kier alpha value is -0.900. The fraction of sp³-hybridized carbons (Fsp3) is 0.867. The molecule has 0 aliphatic carbocycles. The maximum atomic E-state index is 11.9. The first-order valence-corrected chi connectivity index (χ1v) is 7.62. The largest absolute Gasteiger partial charge is 0.353 e. The molecule has 110 valence electrons. The highest BCUT2D eigenvalue weighted by atomic mass is 16.2. The maximum absolute atomic E-state index is 11.9. The highest BCUT2D eigenvalue weighted by Gasteiger charge is 2.21. The number of amides is 1. The second kappa shape index (κ2) is 9.08. The lowest BCUT2D eigenvalue weighted by atomic mass is 10.00. The second-order valence-electron chi connectivity index (χ2n) is 5.74.